The van der Waals surface area contributed by atoms with Gasteiger partial charge in [-0.25, -0.2) is 0 Å². The Hall–Kier alpha value is -1.10. The number of carbonyl (C=O) groups is 2. The largest absolute Gasteiger partial charge is 0.481 e. The number of piperidine rings is 2. The summed E-state index contributed by atoms with van der Waals surface area (Å²) in [6, 6.07) is 0.313. The summed E-state index contributed by atoms with van der Waals surface area (Å²) in [7, 11) is 0. The molecular weight excluding hydrogens is 220 g/mol. The van der Waals surface area contributed by atoms with E-state index in [1.807, 2.05) is 0 Å². The van der Waals surface area contributed by atoms with E-state index in [2.05, 4.69) is 10.2 Å². The first-order chi connectivity index (χ1) is 8.06. The predicted octanol–water partition coefficient (Wildman–Crippen LogP) is 0.308. The second-order valence-electron chi connectivity index (χ2n) is 5.26. The summed E-state index contributed by atoms with van der Waals surface area (Å²) in [6.45, 7) is 4.17. The molecule has 3 atom stereocenters. The molecule has 2 rings (SSSR count). The Kier molecular flexibility index (Phi) is 3.66. The molecule has 17 heavy (non-hydrogen) atoms. The first-order valence-electron chi connectivity index (χ1n) is 6.31. The van der Waals surface area contributed by atoms with Crippen molar-refractivity contribution in [1.82, 2.24) is 10.2 Å². The number of hydrogen-bond donors (Lipinski definition) is 2. The van der Waals surface area contributed by atoms with Crippen molar-refractivity contribution in [3.63, 3.8) is 0 Å². The SMILES string of the molecule is CC(CN1CCC2NC(=O)CCC2C1)C(=O)O. The normalized spacial score (nSPS) is 31.5. The molecule has 2 N–H and O–H groups in total. The molecule has 5 nitrogen and oxygen atoms in total. The van der Waals surface area contributed by atoms with Gasteiger partial charge in [0.2, 0.25) is 5.91 Å². The van der Waals surface area contributed by atoms with Crippen molar-refractivity contribution >= 4 is 11.9 Å². The Morgan fingerprint density at radius 2 is 2.35 bits per heavy atom. The van der Waals surface area contributed by atoms with Gasteiger partial charge >= 0.3 is 5.97 Å². The van der Waals surface area contributed by atoms with Crippen molar-refractivity contribution in [3.8, 4) is 0 Å². The lowest BCUT2D eigenvalue weighted by Crippen LogP contribution is -2.54. The van der Waals surface area contributed by atoms with Crippen LogP contribution in [0.1, 0.15) is 26.2 Å². The van der Waals surface area contributed by atoms with E-state index in [-0.39, 0.29) is 11.8 Å². The molecule has 3 unspecified atom stereocenters. The molecule has 2 heterocycles. The van der Waals surface area contributed by atoms with E-state index in [0.717, 1.165) is 25.9 Å². The van der Waals surface area contributed by atoms with Crippen LogP contribution >= 0.6 is 0 Å². The number of carbonyl (C=O) groups excluding carboxylic acids is 1. The van der Waals surface area contributed by atoms with Crippen molar-refractivity contribution in [3.05, 3.63) is 0 Å². The third-order valence-corrected chi connectivity index (χ3v) is 3.86. The fraction of sp³-hybridized carbons (Fsp3) is 0.833. The van der Waals surface area contributed by atoms with Gasteiger partial charge in [0.1, 0.15) is 0 Å². The molecule has 5 heteroatoms. The smallest absolute Gasteiger partial charge is 0.307 e. The maximum atomic E-state index is 11.3. The lowest BCUT2D eigenvalue weighted by atomic mass is 9.85. The number of likely N-dealkylation sites (tertiary alicyclic amines) is 1. The van der Waals surface area contributed by atoms with Crippen LogP contribution in [0.4, 0.5) is 0 Å². The van der Waals surface area contributed by atoms with Gasteiger partial charge in [-0.05, 0) is 18.8 Å². The molecule has 0 saturated carbocycles. The summed E-state index contributed by atoms with van der Waals surface area (Å²) < 4.78 is 0. The Morgan fingerprint density at radius 1 is 1.59 bits per heavy atom. The van der Waals surface area contributed by atoms with Crippen LogP contribution in [0.3, 0.4) is 0 Å². The number of fused-ring (bicyclic) bond motifs is 1. The van der Waals surface area contributed by atoms with Crippen molar-refractivity contribution in [2.45, 2.75) is 32.2 Å². The van der Waals surface area contributed by atoms with E-state index in [1.165, 1.54) is 0 Å². The molecule has 96 valence electrons. The second-order valence-corrected chi connectivity index (χ2v) is 5.26. The van der Waals surface area contributed by atoms with Crippen molar-refractivity contribution in [2.24, 2.45) is 11.8 Å². The highest BCUT2D eigenvalue weighted by atomic mass is 16.4. The van der Waals surface area contributed by atoms with Gasteiger partial charge in [0, 0.05) is 32.1 Å². The number of amides is 1. The zero-order chi connectivity index (χ0) is 12.4. The second kappa shape index (κ2) is 5.04. The van der Waals surface area contributed by atoms with Gasteiger partial charge in [-0.15, -0.1) is 0 Å². The molecule has 2 aliphatic heterocycles. The fourth-order valence-electron chi connectivity index (χ4n) is 2.82. The van der Waals surface area contributed by atoms with Gasteiger partial charge in [0.25, 0.3) is 0 Å². The third-order valence-electron chi connectivity index (χ3n) is 3.86. The quantitative estimate of drug-likeness (QED) is 0.745. The van der Waals surface area contributed by atoms with E-state index in [0.29, 0.717) is 24.9 Å². The van der Waals surface area contributed by atoms with E-state index in [4.69, 9.17) is 5.11 Å². The van der Waals surface area contributed by atoms with Gasteiger partial charge in [0.15, 0.2) is 0 Å². The number of carboxylic acids is 1. The average Bonchev–Trinajstić information content (AvgIpc) is 2.29. The van der Waals surface area contributed by atoms with Crippen LogP contribution in [0.5, 0.6) is 0 Å². The van der Waals surface area contributed by atoms with E-state index < -0.39 is 5.97 Å². The zero-order valence-corrected chi connectivity index (χ0v) is 10.2. The molecule has 0 aromatic heterocycles. The lowest BCUT2D eigenvalue weighted by Gasteiger charge is -2.41. The number of rotatable bonds is 3. The topological polar surface area (TPSA) is 69.6 Å². The minimum absolute atomic E-state index is 0.165. The molecule has 2 aliphatic rings. The Labute approximate surface area is 101 Å². The van der Waals surface area contributed by atoms with E-state index in [9.17, 15) is 9.59 Å². The first kappa shape index (κ1) is 12.4. The molecular formula is C12H20N2O3. The third kappa shape index (κ3) is 2.97. The lowest BCUT2D eigenvalue weighted by molar-refractivity contribution is -0.141. The predicted molar refractivity (Wildman–Crippen MR) is 62.5 cm³/mol. The van der Waals surface area contributed by atoms with Crippen LogP contribution in [-0.2, 0) is 9.59 Å². The highest BCUT2D eigenvalue weighted by Gasteiger charge is 2.34. The molecule has 2 saturated heterocycles. The standard InChI is InChI=1S/C12H20N2O3/c1-8(12(16)17)6-14-5-4-10-9(7-14)2-3-11(15)13-10/h8-10H,2-7H2,1H3,(H,13,15)(H,16,17). The van der Waals surface area contributed by atoms with Gasteiger partial charge in [-0.1, -0.05) is 6.92 Å². The summed E-state index contributed by atoms with van der Waals surface area (Å²) in [5.74, 6) is -0.380. The summed E-state index contributed by atoms with van der Waals surface area (Å²) in [4.78, 5) is 24.3. The van der Waals surface area contributed by atoms with Crippen LogP contribution in [0.2, 0.25) is 0 Å². The minimum Gasteiger partial charge on any atom is -0.481 e. The minimum atomic E-state index is -0.732. The van der Waals surface area contributed by atoms with Gasteiger partial charge in [-0.3, -0.25) is 9.59 Å². The van der Waals surface area contributed by atoms with Gasteiger partial charge in [0.05, 0.1) is 5.92 Å². The monoisotopic (exact) mass is 240 g/mol. The van der Waals surface area contributed by atoms with Crippen LogP contribution < -0.4 is 5.32 Å². The maximum absolute atomic E-state index is 11.3. The van der Waals surface area contributed by atoms with Crippen LogP contribution in [-0.4, -0.2) is 47.6 Å². The number of carboxylic acid groups (broad SMARTS) is 1. The first-order valence-corrected chi connectivity index (χ1v) is 6.31. The fourth-order valence-corrected chi connectivity index (χ4v) is 2.82. The Balaban J connectivity index is 1.85. The van der Waals surface area contributed by atoms with Crippen molar-refractivity contribution in [1.29, 1.82) is 0 Å². The Morgan fingerprint density at radius 3 is 3.06 bits per heavy atom. The van der Waals surface area contributed by atoms with E-state index in [1.54, 1.807) is 6.92 Å². The van der Waals surface area contributed by atoms with Crippen LogP contribution in [0.25, 0.3) is 0 Å². The molecule has 2 fully saturated rings. The average molecular weight is 240 g/mol. The number of hydrogen-bond acceptors (Lipinski definition) is 3. The molecule has 0 bridgehead atoms. The van der Waals surface area contributed by atoms with Gasteiger partial charge < -0.3 is 15.3 Å². The molecule has 0 spiro atoms. The summed E-state index contributed by atoms with van der Waals surface area (Å²) in [5.41, 5.74) is 0. The van der Waals surface area contributed by atoms with Crippen LogP contribution in [0.15, 0.2) is 0 Å². The van der Waals surface area contributed by atoms with Gasteiger partial charge in [-0.2, -0.15) is 0 Å². The highest BCUT2D eigenvalue weighted by Crippen LogP contribution is 2.25. The van der Waals surface area contributed by atoms with Crippen LogP contribution in [0, 0.1) is 11.8 Å². The highest BCUT2D eigenvalue weighted by molar-refractivity contribution is 5.77. The molecule has 0 aromatic carbocycles. The summed E-state index contributed by atoms with van der Waals surface area (Å²) in [6.07, 6.45) is 2.50. The number of aliphatic carboxylic acids is 1. The molecule has 0 aromatic rings. The molecule has 0 aliphatic carbocycles. The number of nitrogens with one attached hydrogen (secondary N) is 1. The maximum Gasteiger partial charge on any atom is 0.307 e. The summed E-state index contributed by atoms with van der Waals surface area (Å²) >= 11 is 0. The molecule has 1 amide bonds. The molecule has 0 radical (unpaired) electrons. The number of nitrogens with zero attached hydrogens (tertiary/aromatic N) is 1. The Bertz CT molecular complexity index is 319. The van der Waals surface area contributed by atoms with Crippen molar-refractivity contribution < 1.29 is 14.7 Å². The van der Waals surface area contributed by atoms with Crippen molar-refractivity contribution in [2.75, 3.05) is 19.6 Å². The summed E-state index contributed by atoms with van der Waals surface area (Å²) in [5, 5.41) is 11.9. The van der Waals surface area contributed by atoms with E-state index >= 15 is 0 Å². The zero-order valence-electron chi connectivity index (χ0n) is 10.2.